The fraction of sp³-hybridized carbons (Fsp3) is 0.381. The van der Waals surface area contributed by atoms with Crippen molar-refractivity contribution in [1.29, 1.82) is 0 Å². The van der Waals surface area contributed by atoms with E-state index in [-0.39, 0.29) is 11.7 Å². The largest absolute Gasteiger partial charge is 0.468 e. The number of nitrogens with one attached hydrogen (secondary N) is 1. The van der Waals surface area contributed by atoms with Crippen molar-refractivity contribution >= 4 is 29.4 Å². The quantitative estimate of drug-likeness (QED) is 0.701. The molecular weight excluding hydrogens is 410 g/mol. The first-order valence-electron chi connectivity index (χ1n) is 9.62. The highest BCUT2D eigenvalue weighted by molar-refractivity contribution is 6.31. The molecule has 30 heavy (non-hydrogen) atoms. The van der Waals surface area contributed by atoms with Gasteiger partial charge in [0.05, 0.1) is 13.4 Å². The fourth-order valence-corrected chi connectivity index (χ4v) is 3.73. The van der Waals surface area contributed by atoms with Crippen LogP contribution in [0.15, 0.2) is 47.1 Å². The van der Waals surface area contributed by atoms with E-state index in [2.05, 4.69) is 5.32 Å². The van der Waals surface area contributed by atoms with Gasteiger partial charge in [-0.15, -0.1) is 0 Å². The van der Waals surface area contributed by atoms with E-state index in [9.17, 15) is 14.4 Å². The lowest BCUT2D eigenvalue weighted by atomic mass is 10.0. The van der Waals surface area contributed by atoms with Crippen LogP contribution in [0.3, 0.4) is 0 Å². The summed E-state index contributed by atoms with van der Waals surface area (Å²) in [4.78, 5) is 40.9. The summed E-state index contributed by atoms with van der Waals surface area (Å²) in [5, 5.41) is 3.13. The van der Waals surface area contributed by atoms with Crippen LogP contribution in [0.5, 0.6) is 0 Å². The molecule has 1 aliphatic heterocycles. The van der Waals surface area contributed by atoms with Crippen LogP contribution in [0.2, 0.25) is 5.02 Å². The lowest BCUT2D eigenvalue weighted by molar-refractivity contribution is -0.148. The molecule has 0 unspecified atom stereocenters. The zero-order valence-corrected chi connectivity index (χ0v) is 17.6. The number of hydrogen-bond donors (Lipinski definition) is 1. The monoisotopic (exact) mass is 433 g/mol. The average Bonchev–Trinajstić information content (AvgIpc) is 3.30. The second-order valence-electron chi connectivity index (χ2n) is 6.98. The number of furan rings is 1. The maximum atomic E-state index is 12.7. The molecular formula is C21H24ClN3O5. The predicted octanol–water partition coefficient (Wildman–Crippen LogP) is 2.11. The number of ether oxygens (including phenoxy) is 1. The fourth-order valence-electron chi connectivity index (χ4n) is 3.49. The molecule has 9 heteroatoms. The highest BCUT2D eigenvalue weighted by atomic mass is 35.5. The minimum atomic E-state index is -0.700. The topological polar surface area (TPSA) is 92.1 Å². The van der Waals surface area contributed by atoms with Crippen molar-refractivity contribution in [3.05, 3.63) is 59.0 Å². The molecule has 2 heterocycles. The van der Waals surface area contributed by atoms with Crippen molar-refractivity contribution < 1.29 is 23.5 Å². The summed E-state index contributed by atoms with van der Waals surface area (Å²) in [7, 11) is 1.34. The molecule has 2 aromatic rings. The Bertz CT molecular complexity index is 894. The molecule has 3 rings (SSSR count). The summed E-state index contributed by atoms with van der Waals surface area (Å²) in [6.07, 6.45) is 1.40. The number of carbonyl (C=O) groups is 3. The molecule has 0 saturated carbocycles. The van der Waals surface area contributed by atoms with Gasteiger partial charge in [0.1, 0.15) is 12.1 Å². The van der Waals surface area contributed by atoms with Gasteiger partial charge in [0.25, 0.3) is 5.91 Å². The molecule has 1 aromatic carbocycles. The normalized spacial score (nSPS) is 16.6. The van der Waals surface area contributed by atoms with Crippen LogP contribution >= 0.6 is 11.6 Å². The minimum absolute atomic E-state index is 0.153. The van der Waals surface area contributed by atoms with Crippen LogP contribution in [0.4, 0.5) is 0 Å². The Hall–Kier alpha value is -2.84. The van der Waals surface area contributed by atoms with Crippen molar-refractivity contribution in [3.63, 3.8) is 0 Å². The van der Waals surface area contributed by atoms with Gasteiger partial charge >= 0.3 is 5.97 Å². The molecule has 1 saturated heterocycles. The van der Waals surface area contributed by atoms with Gasteiger partial charge < -0.3 is 19.4 Å². The Labute approximate surface area is 179 Å². The van der Waals surface area contributed by atoms with E-state index in [1.54, 1.807) is 36.1 Å². The average molecular weight is 434 g/mol. The van der Waals surface area contributed by atoms with Crippen molar-refractivity contribution in [3.8, 4) is 0 Å². The number of benzene rings is 1. The van der Waals surface area contributed by atoms with Crippen molar-refractivity contribution in [2.24, 2.45) is 0 Å². The van der Waals surface area contributed by atoms with E-state index in [0.717, 1.165) is 0 Å². The Morgan fingerprint density at radius 1 is 1.10 bits per heavy atom. The number of nitrogens with zero attached hydrogens (tertiary/aromatic N) is 2. The van der Waals surface area contributed by atoms with Crippen LogP contribution in [0.25, 0.3) is 0 Å². The molecule has 160 valence electrons. The number of carbonyl (C=O) groups excluding carboxylic acids is 3. The van der Waals surface area contributed by atoms with Crippen LogP contribution in [-0.4, -0.2) is 66.9 Å². The summed E-state index contributed by atoms with van der Waals surface area (Å²) >= 11 is 6.30. The Kier molecular flexibility index (Phi) is 7.12. The molecule has 1 aromatic heterocycles. The number of piperazine rings is 1. The number of methoxy groups -OCH3 is 1. The lowest BCUT2D eigenvalue weighted by Crippen LogP contribution is -2.55. The van der Waals surface area contributed by atoms with E-state index in [4.69, 9.17) is 20.8 Å². The van der Waals surface area contributed by atoms with Crippen LogP contribution < -0.4 is 5.32 Å². The second kappa shape index (κ2) is 9.77. The minimum Gasteiger partial charge on any atom is -0.468 e. The first-order valence-corrected chi connectivity index (χ1v) is 9.99. The molecule has 1 N–H and O–H groups in total. The molecule has 0 spiro atoms. The van der Waals surface area contributed by atoms with Gasteiger partial charge in [0.2, 0.25) is 5.91 Å². The SMILES string of the molecule is COC(=O)[C@H](c1ccccc1Cl)N1CCN(C(=O)[C@@H](C)NC(=O)c2ccco2)CC1. The van der Waals surface area contributed by atoms with Crippen LogP contribution in [0.1, 0.15) is 29.1 Å². The van der Waals surface area contributed by atoms with Crippen molar-refractivity contribution in [2.75, 3.05) is 33.3 Å². The van der Waals surface area contributed by atoms with Gasteiger partial charge in [-0.2, -0.15) is 0 Å². The Morgan fingerprint density at radius 2 is 1.80 bits per heavy atom. The summed E-state index contributed by atoms with van der Waals surface area (Å²) in [5.41, 5.74) is 0.671. The number of halogens is 1. The third kappa shape index (κ3) is 4.83. The zero-order valence-electron chi connectivity index (χ0n) is 16.8. The van der Waals surface area contributed by atoms with Crippen LogP contribution in [0, 0.1) is 0 Å². The number of rotatable bonds is 6. The van der Waals surface area contributed by atoms with E-state index < -0.39 is 24.0 Å². The smallest absolute Gasteiger partial charge is 0.327 e. The predicted molar refractivity (Wildman–Crippen MR) is 110 cm³/mol. The molecule has 0 radical (unpaired) electrons. The van der Waals surface area contributed by atoms with Gasteiger partial charge in [0, 0.05) is 31.2 Å². The third-order valence-electron chi connectivity index (χ3n) is 5.08. The number of hydrogen-bond acceptors (Lipinski definition) is 6. The van der Waals surface area contributed by atoms with Gasteiger partial charge in [-0.05, 0) is 30.7 Å². The van der Waals surface area contributed by atoms with Gasteiger partial charge in [0.15, 0.2) is 5.76 Å². The molecule has 0 bridgehead atoms. The van der Waals surface area contributed by atoms with Crippen molar-refractivity contribution in [2.45, 2.75) is 19.0 Å². The third-order valence-corrected chi connectivity index (χ3v) is 5.42. The van der Waals surface area contributed by atoms with Gasteiger partial charge in [-0.1, -0.05) is 29.8 Å². The van der Waals surface area contributed by atoms with Crippen molar-refractivity contribution in [1.82, 2.24) is 15.1 Å². The standard InChI is InChI=1S/C21H24ClN3O5/c1-14(23-19(26)17-8-5-13-30-17)20(27)25-11-9-24(10-12-25)18(21(28)29-2)15-6-3-4-7-16(15)22/h3-8,13-14,18H,9-12H2,1-2H3,(H,23,26)/t14-,18+/m1/s1. The maximum Gasteiger partial charge on any atom is 0.327 e. The molecule has 8 nitrogen and oxygen atoms in total. The maximum absolute atomic E-state index is 12.7. The Balaban J connectivity index is 1.62. The Morgan fingerprint density at radius 3 is 2.40 bits per heavy atom. The lowest BCUT2D eigenvalue weighted by Gasteiger charge is -2.39. The first kappa shape index (κ1) is 21.9. The summed E-state index contributed by atoms with van der Waals surface area (Å²) < 4.78 is 10.0. The van der Waals surface area contributed by atoms with E-state index in [1.807, 2.05) is 11.0 Å². The molecule has 1 aliphatic rings. The summed E-state index contributed by atoms with van der Waals surface area (Å²) in [5.74, 6) is -0.882. The van der Waals surface area contributed by atoms with E-state index >= 15 is 0 Å². The molecule has 1 fully saturated rings. The number of esters is 1. The number of amides is 2. The first-order chi connectivity index (χ1) is 14.4. The summed E-state index contributed by atoms with van der Waals surface area (Å²) in [6, 6.07) is 8.95. The zero-order chi connectivity index (χ0) is 21.7. The highest BCUT2D eigenvalue weighted by Gasteiger charge is 2.34. The van der Waals surface area contributed by atoms with Crippen LogP contribution in [-0.2, 0) is 14.3 Å². The molecule has 2 amide bonds. The second-order valence-corrected chi connectivity index (χ2v) is 7.39. The van der Waals surface area contributed by atoms with E-state index in [1.165, 1.54) is 19.4 Å². The molecule has 0 aliphatic carbocycles. The van der Waals surface area contributed by atoms with Gasteiger partial charge in [-0.25, -0.2) is 4.79 Å². The van der Waals surface area contributed by atoms with E-state index in [0.29, 0.717) is 36.8 Å². The molecule has 2 atom stereocenters. The summed E-state index contributed by atoms with van der Waals surface area (Å²) in [6.45, 7) is 3.40. The highest BCUT2D eigenvalue weighted by Crippen LogP contribution is 2.29. The van der Waals surface area contributed by atoms with Gasteiger partial charge in [-0.3, -0.25) is 14.5 Å².